The van der Waals surface area contributed by atoms with E-state index in [0.717, 1.165) is 0 Å². The zero-order valence-electron chi connectivity index (χ0n) is 5.57. The topological polar surface area (TPSA) is 264 Å². The molecule has 0 saturated heterocycles. The van der Waals surface area contributed by atoms with Gasteiger partial charge in [-0.3, -0.25) is 9.11 Å². The monoisotopic (exact) mass is 257 g/mol. The van der Waals surface area contributed by atoms with Crippen molar-refractivity contribution in [2.45, 2.75) is 0 Å². The summed E-state index contributed by atoms with van der Waals surface area (Å²) in [6, 6.07) is 0. The molecule has 0 aromatic heterocycles. The van der Waals surface area contributed by atoms with E-state index in [1.54, 1.807) is 0 Å². The molecule has 0 aromatic rings. The van der Waals surface area contributed by atoms with E-state index in [1.165, 1.54) is 0 Å². The van der Waals surface area contributed by atoms with Crippen LogP contribution in [0.1, 0.15) is 0 Å². The van der Waals surface area contributed by atoms with Crippen molar-refractivity contribution in [2.75, 3.05) is 0 Å². The first-order chi connectivity index (χ1) is 2.00. The second kappa shape index (κ2) is 30.3. The quantitative estimate of drug-likeness (QED) is 0.401. The van der Waals surface area contributed by atoms with Crippen LogP contribution in [0.4, 0.5) is 0 Å². The van der Waals surface area contributed by atoms with Crippen molar-refractivity contribution in [1.82, 2.24) is 0 Å². The van der Waals surface area contributed by atoms with E-state index in [1.807, 2.05) is 0 Å². The SMILES string of the molecule is O.O.O.O.O.O.O=S(=O)(O)O.[V]. The normalized spacial score (nSPS) is 4.83. The van der Waals surface area contributed by atoms with Crippen LogP contribution in [0.15, 0.2) is 0 Å². The Morgan fingerprint density at radius 3 is 0.667 bits per heavy atom. The van der Waals surface area contributed by atoms with Gasteiger partial charge in [0.25, 0.3) is 0 Å². The first kappa shape index (κ1) is 86.5. The molecular formula is H14O10SV. The van der Waals surface area contributed by atoms with Crippen LogP contribution in [-0.2, 0) is 29.0 Å². The molecule has 0 spiro atoms. The van der Waals surface area contributed by atoms with Gasteiger partial charge in [0.2, 0.25) is 0 Å². The molecule has 12 heavy (non-hydrogen) atoms. The molecule has 1 radical (unpaired) electrons. The molecule has 12 heteroatoms. The predicted molar refractivity (Wildman–Crippen MR) is 35.9 cm³/mol. The second-order valence-electron chi connectivity index (χ2n) is 0.448. The van der Waals surface area contributed by atoms with Crippen LogP contribution in [-0.4, -0.2) is 50.4 Å². The van der Waals surface area contributed by atoms with E-state index in [9.17, 15) is 0 Å². The summed E-state index contributed by atoms with van der Waals surface area (Å²) in [7, 11) is -4.67. The van der Waals surface area contributed by atoms with Gasteiger partial charge in [-0.05, 0) is 0 Å². The van der Waals surface area contributed by atoms with Crippen molar-refractivity contribution in [1.29, 1.82) is 0 Å². The van der Waals surface area contributed by atoms with Gasteiger partial charge in [0.1, 0.15) is 0 Å². The molecule has 0 fully saturated rings. The van der Waals surface area contributed by atoms with E-state index in [0.29, 0.717) is 0 Å². The molecule has 0 aliphatic rings. The van der Waals surface area contributed by atoms with Crippen LogP contribution < -0.4 is 0 Å². The molecule has 0 aliphatic heterocycles. The van der Waals surface area contributed by atoms with Crippen LogP contribution in [0.3, 0.4) is 0 Å². The van der Waals surface area contributed by atoms with E-state index < -0.39 is 10.4 Å². The van der Waals surface area contributed by atoms with Crippen molar-refractivity contribution in [3.05, 3.63) is 0 Å². The maximum absolute atomic E-state index is 8.74. The minimum absolute atomic E-state index is 0. The third kappa shape index (κ3) is 18900. The van der Waals surface area contributed by atoms with Crippen molar-refractivity contribution in [2.24, 2.45) is 0 Å². The molecule has 14 N–H and O–H groups in total. The molecule has 85 valence electrons. The predicted octanol–water partition coefficient (Wildman–Crippen LogP) is -5.60. The van der Waals surface area contributed by atoms with Crippen molar-refractivity contribution >= 4 is 10.4 Å². The Bertz CT molecular complexity index is 93.0. The van der Waals surface area contributed by atoms with Gasteiger partial charge < -0.3 is 32.9 Å². The summed E-state index contributed by atoms with van der Waals surface area (Å²) in [5.41, 5.74) is 0. The summed E-state index contributed by atoms with van der Waals surface area (Å²) >= 11 is 0. The Kier molecular flexibility index (Phi) is 218. The molecule has 0 saturated carbocycles. The summed E-state index contributed by atoms with van der Waals surface area (Å²) < 4.78 is 31.6. The van der Waals surface area contributed by atoms with Gasteiger partial charge in [0, 0.05) is 18.6 Å². The van der Waals surface area contributed by atoms with Gasteiger partial charge in [-0.1, -0.05) is 0 Å². The maximum Gasteiger partial charge on any atom is 0.394 e. The minimum Gasteiger partial charge on any atom is -0.412 e. The third-order valence-corrected chi connectivity index (χ3v) is 0. The summed E-state index contributed by atoms with van der Waals surface area (Å²) in [5, 5.41) is 0. The van der Waals surface area contributed by atoms with Gasteiger partial charge >= 0.3 is 10.4 Å². The number of rotatable bonds is 0. The molecule has 0 amide bonds. The van der Waals surface area contributed by atoms with E-state index in [4.69, 9.17) is 17.5 Å². The molecule has 0 bridgehead atoms. The Morgan fingerprint density at radius 2 is 0.667 bits per heavy atom. The summed E-state index contributed by atoms with van der Waals surface area (Å²) in [6.45, 7) is 0. The molecule has 0 heterocycles. The average molecular weight is 257 g/mol. The van der Waals surface area contributed by atoms with Crippen molar-refractivity contribution in [3.63, 3.8) is 0 Å². The van der Waals surface area contributed by atoms with Gasteiger partial charge in [0.15, 0.2) is 0 Å². The fourth-order valence-corrected chi connectivity index (χ4v) is 0. The zero-order valence-corrected chi connectivity index (χ0v) is 7.78. The van der Waals surface area contributed by atoms with Gasteiger partial charge in [-0.25, -0.2) is 0 Å². The van der Waals surface area contributed by atoms with E-state index >= 15 is 0 Å². The minimum atomic E-state index is -4.67. The van der Waals surface area contributed by atoms with Gasteiger partial charge in [-0.15, -0.1) is 0 Å². The van der Waals surface area contributed by atoms with Crippen molar-refractivity contribution < 1.29 is 68.9 Å². The molecule has 10 nitrogen and oxygen atoms in total. The Hall–Kier alpha value is 0.214. The first-order valence-corrected chi connectivity index (χ1v) is 2.10. The summed E-state index contributed by atoms with van der Waals surface area (Å²) in [6.07, 6.45) is 0. The van der Waals surface area contributed by atoms with Gasteiger partial charge in [-0.2, -0.15) is 8.42 Å². The number of hydrogen-bond donors (Lipinski definition) is 2. The summed E-state index contributed by atoms with van der Waals surface area (Å²) in [4.78, 5) is 0. The van der Waals surface area contributed by atoms with E-state index in [-0.39, 0.29) is 51.4 Å². The van der Waals surface area contributed by atoms with Crippen LogP contribution >= 0.6 is 0 Å². The fourth-order valence-electron chi connectivity index (χ4n) is 0. The molecule has 0 aliphatic carbocycles. The third-order valence-electron chi connectivity index (χ3n) is 0. The molecule has 0 unspecified atom stereocenters. The molecule has 0 atom stereocenters. The Morgan fingerprint density at radius 1 is 0.667 bits per heavy atom. The first-order valence-electron chi connectivity index (χ1n) is 0.698. The maximum atomic E-state index is 8.74. The Balaban J connectivity index is -0.00000000381. The molecular weight excluding hydrogens is 243 g/mol. The fraction of sp³-hybridized carbons (Fsp3) is 0. The Labute approximate surface area is 79.9 Å². The van der Waals surface area contributed by atoms with Crippen LogP contribution in [0.25, 0.3) is 0 Å². The largest absolute Gasteiger partial charge is 0.412 e. The second-order valence-corrected chi connectivity index (χ2v) is 1.34. The summed E-state index contributed by atoms with van der Waals surface area (Å²) in [5.74, 6) is 0. The van der Waals surface area contributed by atoms with Crippen LogP contribution in [0.5, 0.6) is 0 Å². The number of hydrogen-bond acceptors (Lipinski definition) is 2. The van der Waals surface area contributed by atoms with Crippen molar-refractivity contribution in [3.8, 4) is 0 Å². The van der Waals surface area contributed by atoms with E-state index in [2.05, 4.69) is 0 Å². The van der Waals surface area contributed by atoms with Crippen LogP contribution in [0.2, 0.25) is 0 Å². The smallest absolute Gasteiger partial charge is 0.394 e. The zero-order chi connectivity index (χ0) is 4.50. The van der Waals surface area contributed by atoms with Crippen LogP contribution in [0, 0.1) is 0 Å². The molecule has 0 rings (SSSR count). The average Bonchev–Trinajstić information content (AvgIpc) is 0.722. The standard InChI is InChI=1S/H2O4S.6H2O.V/c1-5(2,3)4;;;;;;;/h(H2,1,2,3,4);6*1H2;. The van der Waals surface area contributed by atoms with Gasteiger partial charge in [0.05, 0.1) is 0 Å². The molecule has 0 aromatic carbocycles.